The Bertz CT molecular complexity index is 1130. The Morgan fingerprint density at radius 1 is 1.15 bits per heavy atom. The lowest BCUT2D eigenvalue weighted by Crippen LogP contribution is -2.34. The Morgan fingerprint density at radius 2 is 2.00 bits per heavy atom. The maximum Gasteiger partial charge on any atom is 0.210 e. The highest BCUT2D eigenvalue weighted by atomic mass is 16.5. The lowest BCUT2D eigenvalue weighted by molar-refractivity contribution is -0.120. The average Bonchev–Trinajstić information content (AvgIpc) is 3.48. The lowest BCUT2D eigenvalue weighted by Gasteiger charge is -2.35. The summed E-state index contributed by atoms with van der Waals surface area (Å²) in [6, 6.07) is 10.9. The number of nitrogens with zero attached hydrogens (tertiary/aromatic N) is 1. The molecule has 1 N–H and O–H groups in total. The molecule has 3 aromatic rings. The summed E-state index contributed by atoms with van der Waals surface area (Å²) in [5.41, 5.74) is 6.30. The Morgan fingerprint density at radius 3 is 2.79 bits per heavy atom. The SMILES string of the molecule is COc1cc2c(cc1OC1CCCC1)[C@H](CCCc1c[nH]c3cc(C)ccc13)N(C=O)CC2. The molecule has 33 heavy (non-hydrogen) atoms. The van der Waals surface area contributed by atoms with Gasteiger partial charge >= 0.3 is 0 Å². The second-order valence-corrected chi connectivity index (χ2v) is 9.59. The van der Waals surface area contributed by atoms with Crippen LogP contribution in [-0.2, 0) is 17.6 Å². The fraction of sp³-hybridized carbons (Fsp3) is 0.464. The second kappa shape index (κ2) is 9.50. The molecule has 1 saturated carbocycles. The largest absolute Gasteiger partial charge is 0.493 e. The van der Waals surface area contributed by atoms with Gasteiger partial charge in [-0.25, -0.2) is 0 Å². The van der Waals surface area contributed by atoms with Gasteiger partial charge in [-0.1, -0.05) is 12.1 Å². The van der Waals surface area contributed by atoms with E-state index in [1.165, 1.54) is 46.0 Å². The van der Waals surface area contributed by atoms with Gasteiger partial charge < -0.3 is 19.4 Å². The molecule has 1 aromatic heterocycles. The van der Waals surface area contributed by atoms with E-state index in [1.807, 2.05) is 4.90 Å². The van der Waals surface area contributed by atoms with E-state index in [9.17, 15) is 4.79 Å². The summed E-state index contributed by atoms with van der Waals surface area (Å²) < 4.78 is 12.0. The van der Waals surface area contributed by atoms with E-state index in [0.29, 0.717) is 0 Å². The molecule has 0 radical (unpaired) electrons. The highest BCUT2D eigenvalue weighted by Crippen LogP contribution is 2.41. The van der Waals surface area contributed by atoms with Crippen LogP contribution >= 0.6 is 0 Å². The number of amides is 1. The van der Waals surface area contributed by atoms with Crippen molar-refractivity contribution in [1.82, 2.24) is 9.88 Å². The molecule has 5 rings (SSSR count). The van der Waals surface area contributed by atoms with Gasteiger partial charge in [0.25, 0.3) is 0 Å². The van der Waals surface area contributed by atoms with Crippen LogP contribution in [0.2, 0.25) is 0 Å². The van der Waals surface area contributed by atoms with Gasteiger partial charge in [0.1, 0.15) is 0 Å². The molecule has 0 spiro atoms. The monoisotopic (exact) mass is 446 g/mol. The molecule has 1 aliphatic heterocycles. The highest BCUT2D eigenvalue weighted by molar-refractivity contribution is 5.83. The van der Waals surface area contributed by atoms with E-state index in [1.54, 1.807) is 7.11 Å². The number of benzene rings is 2. The minimum absolute atomic E-state index is 0.0792. The molecule has 1 aliphatic carbocycles. The smallest absolute Gasteiger partial charge is 0.210 e. The topological polar surface area (TPSA) is 54.6 Å². The average molecular weight is 447 g/mol. The van der Waals surface area contributed by atoms with Gasteiger partial charge in [-0.15, -0.1) is 0 Å². The van der Waals surface area contributed by atoms with Gasteiger partial charge in [0.15, 0.2) is 11.5 Å². The van der Waals surface area contributed by atoms with Crippen molar-refractivity contribution >= 4 is 17.3 Å². The van der Waals surface area contributed by atoms with Crippen LogP contribution < -0.4 is 9.47 Å². The van der Waals surface area contributed by atoms with Gasteiger partial charge in [-0.05, 0) is 98.7 Å². The van der Waals surface area contributed by atoms with Crippen molar-refractivity contribution < 1.29 is 14.3 Å². The zero-order valence-corrected chi connectivity index (χ0v) is 19.7. The number of aromatic amines is 1. The van der Waals surface area contributed by atoms with Gasteiger partial charge in [-0.2, -0.15) is 0 Å². The number of carbonyl (C=O) groups excluding carboxylic acids is 1. The fourth-order valence-electron chi connectivity index (χ4n) is 5.61. The number of hydrogen-bond acceptors (Lipinski definition) is 3. The van der Waals surface area contributed by atoms with Crippen LogP contribution in [0.3, 0.4) is 0 Å². The van der Waals surface area contributed by atoms with Crippen LogP contribution in [0.15, 0.2) is 36.5 Å². The molecule has 174 valence electrons. The third-order valence-corrected chi connectivity index (χ3v) is 7.40. The first-order valence-corrected chi connectivity index (χ1v) is 12.3. The van der Waals surface area contributed by atoms with Crippen LogP contribution in [0.5, 0.6) is 11.5 Å². The number of carbonyl (C=O) groups is 1. The second-order valence-electron chi connectivity index (χ2n) is 9.59. The summed E-state index contributed by atoms with van der Waals surface area (Å²) in [4.78, 5) is 17.3. The summed E-state index contributed by atoms with van der Waals surface area (Å²) in [6.45, 7) is 2.87. The van der Waals surface area contributed by atoms with Crippen molar-refractivity contribution in [2.45, 2.75) is 70.4 Å². The first-order chi connectivity index (χ1) is 16.2. The molecule has 1 fully saturated rings. The number of fused-ring (bicyclic) bond motifs is 2. The molecular weight excluding hydrogens is 412 g/mol. The molecule has 2 aromatic carbocycles. The summed E-state index contributed by atoms with van der Waals surface area (Å²) in [5.74, 6) is 1.64. The highest BCUT2D eigenvalue weighted by Gasteiger charge is 2.29. The van der Waals surface area contributed by atoms with Crippen molar-refractivity contribution in [3.63, 3.8) is 0 Å². The molecule has 0 saturated heterocycles. The van der Waals surface area contributed by atoms with Crippen molar-refractivity contribution in [2.24, 2.45) is 0 Å². The van der Waals surface area contributed by atoms with E-state index in [2.05, 4.69) is 48.4 Å². The van der Waals surface area contributed by atoms with Gasteiger partial charge in [0.05, 0.1) is 19.3 Å². The summed E-state index contributed by atoms with van der Waals surface area (Å²) in [6.07, 6.45) is 11.9. The zero-order chi connectivity index (χ0) is 22.8. The lowest BCUT2D eigenvalue weighted by atomic mass is 9.89. The van der Waals surface area contributed by atoms with Gasteiger partial charge in [0, 0.05) is 23.6 Å². The molecule has 1 atom stereocenters. The minimum Gasteiger partial charge on any atom is -0.493 e. The Kier molecular flexibility index (Phi) is 6.30. The van der Waals surface area contributed by atoms with E-state index in [4.69, 9.17) is 9.47 Å². The minimum atomic E-state index is 0.0792. The number of aromatic nitrogens is 1. The number of aryl methyl sites for hydroxylation is 2. The number of methoxy groups -OCH3 is 1. The quantitative estimate of drug-likeness (QED) is 0.439. The fourth-order valence-corrected chi connectivity index (χ4v) is 5.61. The normalized spacial score (nSPS) is 18.5. The number of ether oxygens (including phenoxy) is 2. The third kappa shape index (κ3) is 4.46. The molecule has 2 heterocycles. The summed E-state index contributed by atoms with van der Waals surface area (Å²) in [5, 5.41) is 1.30. The van der Waals surface area contributed by atoms with Crippen molar-refractivity contribution in [3.05, 3.63) is 58.8 Å². The number of H-pyrrole nitrogens is 1. The zero-order valence-electron chi connectivity index (χ0n) is 19.7. The van der Waals surface area contributed by atoms with Crippen LogP contribution in [0.25, 0.3) is 10.9 Å². The molecule has 1 amide bonds. The Hall–Kier alpha value is -2.95. The van der Waals surface area contributed by atoms with Crippen LogP contribution in [0.4, 0.5) is 0 Å². The van der Waals surface area contributed by atoms with Crippen LogP contribution in [0, 0.1) is 6.92 Å². The molecular formula is C28H34N2O3. The molecule has 5 nitrogen and oxygen atoms in total. The first-order valence-electron chi connectivity index (χ1n) is 12.3. The summed E-state index contributed by atoms with van der Waals surface area (Å²) >= 11 is 0. The Labute approximate surface area is 196 Å². The summed E-state index contributed by atoms with van der Waals surface area (Å²) in [7, 11) is 1.71. The van der Waals surface area contributed by atoms with E-state index >= 15 is 0 Å². The molecule has 0 unspecified atom stereocenters. The number of rotatable bonds is 8. The maximum absolute atomic E-state index is 11.9. The maximum atomic E-state index is 11.9. The van der Waals surface area contributed by atoms with Crippen molar-refractivity contribution in [1.29, 1.82) is 0 Å². The third-order valence-electron chi connectivity index (χ3n) is 7.40. The van der Waals surface area contributed by atoms with Gasteiger partial charge in [0.2, 0.25) is 6.41 Å². The first kappa shape index (κ1) is 21.9. The standard InChI is InChI=1S/C28H34N2O3/c1-19-10-11-23-21(17-29-25(23)14-19)6-5-9-26-24-16-28(33-22-7-3-4-8-22)27(32-2)15-20(24)12-13-30(26)18-31/h10-11,14-18,22,26,29H,3-9,12-13H2,1-2H3/t26-/m0/s1. The number of nitrogens with one attached hydrogen (secondary N) is 1. The van der Waals surface area contributed by atoms with Crippen molar-refractivity contribution in [3.8, 4) is 11.5 Å². The van der Waals surface area contributed by atoms with E-state index in [-0.39, 0.29) is 12.1 Å². The van der Waals surface area contributed by atoms with Crippen LogP contribution in [0.1, 0.15) is 66.8 Å². The van der Waals surface area contributed by atoms with Gasteiger partial charge in [-0.3, -0.25) is 4.79 Å². The van der Waals surface area contributed by atoms with E-state index < -0.39 is 0 Å². The van der Waals surface area contributed by atoms with Crippen LogP contribution in [-0.4, -0.2) is 36.1 Å². The number of hydrogen-bond donors (Lipinski definition) is 1. The molecule has 5 heteroatoms. The molecule has 0 bridgehead atoms. The van der Waals surface area contributed by atoms with Crippen molar-refractivity contribution in [2.75, 3.05) is 13.7 Å². The van der Waals surface area contributed by atoms with E-state index in [0.717, 1.165) is 63.0 Å². The predicted molar refractivity (Wildman–Crippen MR) is 131 cm³/mol. The Balaban J connectivity index is 1.36. The predicted octanol–water partition coefficient (Wildman–Crippen LogP) is 5.88. The molecule has 2 aliphatic rings.